The smallest absolute Gasteiger partial charge is 0.263 e. The van der Waals surface area contributed by atoms with Gasteiger partial charge in [0.2, 0.25) is 0 Å². The summed E-state index contributed by atoms with van der Waals surface area (Å²) in [6.45, 7) is 2.91. The van der Waals surface area contributed by atoms with Gasteiger partial charge in [0.15, 0.2) is 5.82 Å². The number of aromatic nitrogens is 3. The molecule has 0 aromatic carbocycles. The third-order valence-corrected chi connectivity index (χ3v) is 3.75. The lowest BCUT2D eigenvalue weighted by Crippen LogP contribution is -2.28. The first-order chi connectivity index (χ1) is 10.1. The Morgan fingerprint density at radius 1 is 1.38 bits per heavy atom. The van der Waals surface area contributed by atoms with E-state index in [0.717, 1.165) is 11.4 Å². The molecule has 7 nitrogen and oxygen atoms in total. The maximum Gasteiger partial charge on any atom is 0.263 e. The van der Waals surface area contributed by atoms with Gasteiger partial charge in [0.05, 0.1) is 23.1 Å². The van der Waals surface area contributed by atoms with Crippen molar-refractivity contribution in [3.8, 4) is 0 Å². The maximum absolute atomic E-state index is 11.9. The topological polar surface area (TPSA) is 83.0 Å². The number of rotatable bonds is 6. The van der Waals surface area contributed by atoms with Crippen LogP contribution >= 0.6 is 11.3 Å². The predicted octanol–water partition coefficient (Wildman–Crippen LogP) is 1.15. The molecule has 0 fully saturated rings. The molecule has 2 aromatic heterocycles. The van der Waals surface area contributed by atoms with Gasteiger partial charge in [-0.2, -0.15) is 5.10 Å². The lowest BCUT2D eigenvalue weighted by atomic mass is 10.3. The molecule has 2 N–H and O–H groups in total. The molecule has 2 aromatic rings. The Labute approximate surface area is 127 Å². The van der Waals surface area contributed by atoms with Crippen LogP contribution in [0.2, 0.25) is 0 Å². The number of amides is 1. The van der Waals surface area contributed by atoms with Crippen LogP contribution in [0.25, 0.3) is 0 Å². The van der Waals surface area contributed by atoms with E-state index >= 15 is 0 Å². The Kier molecular flexibility index (Phi) is 5.04. The van der Waals surface area contributed by atoms with Crippen LogP contribution in [0.3, 0.4) is 0 Å². The molecular formula is C13H18N6OS. The van der Waals surface area contributed by atoms with Gasteiger partial charge in [-0.15, -0.1) is 16.4 Å². The second-order valence-electron chi connectivity index (χ2n) is 4.64. The molecule has 0 bridgehead atoms. The molecule has 0 aliphatic heterocycles. The number of carbonyl (C=O) groups excluding carboxylic acids is 1. The summed E-state index contributed by atoms with van der Waals surface area (Å²) in [4.78, 5) is 18.5. The summed E-state index contributed by atoms with van der Waals surface area (Å²) in [5, 5.41) is 13.9. The summed E-state index contributed by atoms with van der Waals surface area (Å²) >= 11 is 1.35. The molecule has 0 radical (unpaired) electrons. The average molecular weight is 306 g/mol. The van der Waals surface area contributed by atoms with E-state index in [9.17, 15) is 4.79 Å². The first kappa shape index (κ1) is 15.2. The van der Waals surface area contributed by atoms with Crippen LogP contribution in [0.5, 0.6) is 0 Å². The average Bonchev–Trinajstić information content (AvgIpc) is 2.90. The number of hydrogen-bond donors (Lipinski definition) is 2. The van der Waals surface area contributed by atoms with E-state index in [1.165, 1.54) is 11.3 Å². The summed E-state index contributed by atoms with van der Waals surface area (Å²) in [6.07, 6.45) is 1.69. The first-order valence-electron chi connectivity index (χ1n) is 6.50. The van der Waals surface area contributed by atoms with Crippen molar-refractivity contribution in [1.82, 2.24) is 20.5 Å². The number of thiazole rings is 1. The van der Waals surface area contributed by atoms with Gasteiger partial charge >= 0.3 is 0 Å². The molecule has 0 aliphatic rings. The van der Waals surface area contributed by atoms with Gasteiger partial charge in [-0.25, -0.2) is 4.98 Å². The third-order valence-electron chi connectivity index (χ3n) is 2.82. The van der Waals surface area contributed by atoms with Crippen LogP contribution in [0.4, 0.5) is 11.5 Å². The van der Waals surface area contributed by atoms with Crippen LogP contribution in [0, 0.1) is 6.92 Å². The quantitative estimate of drug-likeness (QED) is 0.779. The van der Waals surface area contributed by atoms with Crippen LogP contribution in [-0.2, 0) is 0 Å². The molecule has 21 heavy (non-hydrogen) atoms. The molecule has 0 saturated carbocycles. The molecule has 0 saturated heterocycles. The van der Waals surface area contributed by atoms with Gasteiger partial charge in [-0.3, -0.25) is 4.79 Å². The van der Waals surface area contributed by atoms with Crippen molar-refractivity contribution in [2.75, 3.05) is 37.4 Å². The SMILES string of the molecule is Cc1ncsc1C(=O)NCCNc1cc(N(C)C)cnn1. The van der Waals surface area contributed by atoms with E-state index in [1.54, 1.807) is 11.7 Å². The van der Waals surface area contributed by atoms with Gasteiger partial charge in [0.25, 0.3) is 5.91 Å². The molecule has 0 unspecified atom stereocenters. The van der Waals surface area contributed by atoms with Crippen LogP contribution < -0.4 is 15.5 Å². The Bertz CT molecular complexity index is 612. The fourth-order valence-corrected chi connectivity index (χ4v) is 2.37. The summed E-state index contributed by atoms with van der Waals surface area (Å²) in [6, 6.07) is 1.90. The van der Waals surface area contributed by atoms with Gasteiger partial charge in [0.1, 0.15) is 4.88 Å². The van der Waals surface area contributed by atoms with Gasteiger partial charge in [0, 0.05) is 33.3 Å². The molecule has 112 valence electrons. The van der Waals surface area contributed by atoms with Crippen molar-refractivity contribution in [2.45, 2.75) is 6.92 Å². The number of anilines is 2. The standard InChI is InChI=1S/C13H18N6OS/c1-9-12(21-8-16-9)13(20)15-5-4-14-11-6-10(19(2)3)7-17-18-11/h6-8H,4-5H2,1-3H3,(H,14,18)(H,15,20). The summed E-state index contributed by atoms with van der Waals surface area (Å²) in [5.74, 6) is 0.592. The normalized spacial score (nSPS) is 10.2. The van der Waals surface area contributed by atoms with Gasteiger partial charge in [-0.1, -0.05) is 0 Å². The van der Waals surface area contributed by atoms with Crippen LogP contribution in [0.15, 0.2) is 17.8 Å². The zero-order valence-electron chi connectivity index (χ0n) is 12.3. The molecule has 0 spiro atoms. The van der Waals surface area contributed by atoms with Crippen LogP contribution in [0.1, 0.15) is 15.4 Å². The highest BCUT2D eigenvalue weighted by Gasteiger charge is 2.10. The molecule has 0 aliphatic carbocycles. The second kappa shape index (κ2) is 6.98. The lowest BCUT2D eigenvalue weighted by molar-refractivity contribution is 0.0958. The molecule has 2 heterocycles. The molecular weight excluding hydrogens is 288 g/mol. The third kappa shape index (κ3) is 4.12. The summed E-state index contributed by atoms with van der Waals surface area (Å²) in [7, 11) is 3.89. The number of carbonyl (C=O) groups is 1. The Hall–Kier alpha value is -2.22. The van der Waals surface area contributed by atoms with E-state index in [2.05, 4.69) is 25.8 Å². The first-order valence-corrected chi connectivity index (χ1v) is 7.38. The molecule has 1 amide bonds. The number of hydrogen-bond acceptors (Lipinski definition) is 7. The minimum atomic E-state index is -0.0927. The fraction of sp³-hybridized carbons (Fsp3) is 0.385. The van der Waals surface area contributed by atoms with Gasteiger partial charge in [-0.05, 0) is 6.92 Å². The monoisotopic (exact) mass is 306 g/mol. The summed E-state index contributed by atoms with van der Waals surface area (Å²) < 4.78 is 0. The zero-order chi connectivity index (χ0) is 15.2. The molecule has 2 rings (SSSR count). The Morgan fingerprint density at radius 2 is 2.19 bits per heavy atom. The fourth-order valence-electron chi connectivity index (χ4n) is 1.65. The highest BCUT2D eigenvalue weighted by Crippen LogP contribution is 2.13. The highest BCUT2D eigenvalue weighted by atomic mass is 32.1. The number of nitrogens with zero attached hydrogens (tertiary/aromatic N) is 4. The van der Waals surface area contributed by atoms with Crippen molar-refractivity contribution >= 4 is 28.7 Å². The van der Waals surface area contributed by atoms with E-state index in [-0.39, 0.29) is 5.91 Å². The highest BCUT2D eigenvalue weighted by molar-refractivity contribution is 7.11. The second-order valence-corrected chi connectivity index (χ2v) is 5.50. The molecule has 8 heteroatoms. The van der Waals surface area contributed by atoms with Crippen molar-refractivity contribution in [1.29, 1.82) is 0 Å². The Morgan fingerprint density at radius 3 is 2.86 bits per heavy atom. The minimum absolute atomic E-state index is 0.0927. The van der Waals surface area contributed by atoms with Crippen molar-refractivity contribution in [2.24, 2.45) is 0 Å². The molecule has 0 atom stereocenters. The van der Waals surface area contributed by atoms with Gasteiger partial charge < -0.3 is 15.5 Å². The van der Waals surface area contributed by atoms with E-state index < -0.39 is 0 Å². The zero-order valence-corrected chi connectivity index (χ0v) is 13.1. The van der Waals surface area contributed by atoms with Crippen molar-refractivity contribution < 1.29 is 4.79 Å². The van der Waals surface area contributed by atoms with Crippen LogP contribution in [-0.4, -0.2) is 48.3 Å². The lowest BCUT2D eigenvalue weighted by Gasteiger charge is -2.12. The van der Waals surface area contributed by atoms with E-state index in [4.69, 9.17) is 0 Å². The van der Waals surface area contributed by atoms with E-state index in [1.807, 2.05) is 32.0 Å². The number of nitrogens with one attached hydrogen (secondary N) is 2. The van der Waals surface area contributed by atoms with Crippen molar-refractivity contribution in [3.63, 3.8) is 0 Å². The van der Waals surface area contributed by atoms with Crippen molar-refractivity contribution in [3.05, 3.63) is 28.3 Å². The van der Waals surface area contributed by atoms with E-state index in [0.29, 0.717) is 23.8 Å². The predicted molar refractivity (Wildman–Crippen MR) is 84.0 cm³/mol. The Balaban J connectivity index is 1.79. The summed E-state index contributed by atoms with van der Waals surface area (Å²) in [5.41, 5.74) is 3.40. The maximum atomic E-state index is 11.9. The number of aryl methyl sites for hydroxylation is 1. The largest absolute Gasteiger partial charge is 0.376 e. The minimum Gasteiger partial charge on any atom is -0.376 e.